The van der Waals surface area contributed by atoms with Crippen LogP contribution in [0.15, 0.2) is 10.8 Å². The molecule has 1 saturated carbocycles. The summed E-state index contributed by atoms with van der Waals surface area (Å²) in [6.45, 7) is 2.36. The molecule has 0 amide bonds. The summed E-state index contributed by atoms with van der Waals surface area (Å²) in [5.41, 5.74) is 0.569. The quantitative estimate of drug-likeness (QED) is 0.696. The molecular weight excluding hydrogens is 166 g/mol. The van der Waals surface area contributed by atoms with E-state index in [2.05, 4.69) is 15.5 Å². The van der Waals surface area contributed by atoms with Crippen molar-refractivity contribution in [2.24, 2.45) is 5.41 Å². The second-order valence-electron chi connectivity index (χ2n) is 4.32. The van der Waals surface area contributed by atoms with Crippen LogP contribution in [0.25, 0.3) is 0 Å². The van der Waals surface area contributed by atoms with E-state index >= 15 is 0 Å². The summed E-state index contributed by atoms with van der Waals surface area (Å²) in [5, 5.41) is 11.1. The first kappa shape index (κ1) is 7.50. The summed E-state index contributed by atoms with van der Waals surface area (Å²) in [4.78, 5) is 0. The molecule has 0 bridgehead atoms. The molecule has 2 heterocycles. The zero-order valence-electron chi connectivity index (χ0n) is 7.49. The van der Waals surface area contributed by atoms with E-state index in [9.17, 15) is 0 Å². The second kappa shape index (κ2) is 2.54. The van der Waals surface area contributed by atoms with Gasteiger partial charge in [0, 0.05) is 19.0 Å². The molecule has 2 fully saturated rings. The van der Waals surface area contributed by atoms with E-state index in [-0.39, 0.29) is 0 Å². The van der Waals surface area contributed by atoms with Crippen LogP contribution >= 0.6 is 0 Å². The Labute approximate surface area is 76.7 Å². The maximum absolute atomic E-state index is 5.24. The minimum Gasteiger partial charge on any atom is -0.428 e. The predicted octanol–water partition coefficient (Wildman–Crippen LogP) is 0.927. The van der Waals surface area contributed by atoms with Crippen molar-refractivity contribution in [3.63, 3.8) is 0 Å². The van der Waals surface area contributed by atoms with Crippen molar-refractivity contribution in [1.29, 1.82) is 0 Å². The van der Waals surface area contributed by atoms with Crippen molar-refractivity contribution < 1.29 is 4.42 Å². The molecule has 2 aliphatic rings. The Hall–Kier alpha value is -0.900. The molecule has 4 heteroatoms. The van der Waals surface area contributed by atoms with Crippen LogP contribution in [0, 0.1) is 5.41 Å². The fraction of sp³-hybridized carbons (Fsp3) is 0.778. The van der Waals surface area contributed by atoms with E-state index in [1.807, 2.05) is 0 Å². The van der Waals surface area contributed by atoms with Gasteiger partial charge in [-0.2, -0.15) is 0 Å². The van der Waals surface area contributed by atoms with Gasteiger partial charge < -0.3 is 9.73 Å². The van der Waals surface area contributed by atoms with Gasteiger partial charge in [-0.05, 0) is 24.7 Å². The third-order valence-electron chi connectivity index (χ3n) is 3.43. The molecule has 1 saturated heterocycles. The fourth-order valence-electron chi connectivity index (χ4n) is 2.58. The van der Waals surface area contributed by atoms with Crippen molar-refractivity contribution in [3.05, 3.63) is 12.3 Å². The SMILES string of the molecule is c1nnc(C2CCC3(CNC3)C2)o1. The highest BCUT2D eigenvalue weighted by Crippen LogP contribution is 2.48. The van der Waals surface area contributed by atoms with Crippen molar-refractivity contribution in [2.45, 2.75) is 25.2 Å². The molecule has 1 aromatic heterocycles. The van der Waals surface area contributed by atoms with E-state index in [0.29, 0.717) is 11.3 Å². The average Bonchev–Trinajstić information content (AvgIpc) is 2.71. The summed E-state index contributed by atoms with van der Waals surface area (Å²) in [6, 6.07) is 0. The van der Waals surface area contributed by atoms with Gasteiger partial charge in [-0.15, -0.1) is 10.2 Å². The van der Waals surface area contributed by atoms with Gasteiger partial charge in [-0.3, -0.25) is 0 Å². The highest BCUT2D eigenvalue weighted by atomic mass is 16.4. The van der Waals surface area contributed by atoms with Gasteiger partial charge >= 0.3 is 0 Å². The average molecular weight is 179 g/mol. The molecule has 1 unspecified atom stereocenters. The maximum Gasteiger partial charge on any atom is 0.219 e. The van der Waals surface area contributed by atoms with Crippen molar-refractivity contribution in [1.82, 2.24) is 15.5 Å². The van der Waals surface area contributed by atoms with Crippen LogP contribution in [-0.4, -0.2) is 23.3 Å². The van der Waals surface area contributed by atoms with Gasteiger partial charge in [0.1, 0.15) is 0 Å². The first-order valence-corrected chi connectivity index (χ1v) is 4.85. The van der Waals surface area contributed by atoms with Crippen molar-refractivity contribution >= 4 is 0 Å². The molecule has 3 rings (SSSR count). The largest absolute Gasteiger partial charge is 0.428 e. The van der Waals surface area contributed by atoms with Crippen LogP contribution in [0.5, 0.6) is 0 Å². The lowest BCUT2D eigenvalue weighted by Crippen LogP contribution is -2.51. The van der Waals surface area contributed by atoms with Gasteiger partial charge in [-0.1, -0.05) is 0 Å². The highest BCUT2D eigenvalue weighted by molar-refractivity contribution is 5.05. The summed E-state index contributed by atoms with van der Waals surface area (Å²) in [5.74, 6) is 1.35. The molecular formula is C9H13N3O. The number of hydrogen-bond acceptors (Lipinski definition) is 4. The predicted molar refractivity (Wildman–Crippen MR) is 46.2 cm³/mol. The van der Waals surface area contributed by atoms with Crippen LogP contribution in [0.3, 0.4) is 0 Å². The molecule has 1 spiro atoms. The van der Waals surface area contributed by atoms with Gasteiger partial charge in [0.05, 0.1) is 0 Å². The third-order valence-corrected chi connectivity index (χ3v) is 3.43. The molecule has 1 atom stereocenters. The van der Waals surface area contributed by atoms with E-state index < -0.39 is 0 Å². The minimum atomic E-state index is 0.518. The van der Waals surface area contributed by atoms with E-state index in [1.54, 1.807) is 0 Å². The van der Waals surface area contributed by atoms with Crippen LogP contribution in [-0.2, 0) is 0 Å². The Bertz CT molecular complexity index is 292. The number of aromatic nitrogens is 2. The van der Waals surface area contributed by atoms with Crippen LogP contribution in [0.4, 0.5) is 0 Å². The van der Waals surface area contributed by atoms with Crippen LogP contribution < -0.4 is 5.32 Å². The Morgan fingerprint density at radius 3 is 3.00 bits per heavy atom. The van der Waals surface area contributed by atoms with Crippen LogP contribution in [0.2, 0.25) is 0 Å². The standard InChI is InChI=1S/C9H13N3O/c1-2-9(4-10-5-9)3-7(1)8-12-11-6-13-8/h6-7,10H,1-5H2. The highest BCUT2D eigenvalue weighted by Gasteiger charge is 2.45. The molecule has 1 aromatic rings. The Morgan fingerprint density at radius 2 is 2.46 bits per heavy atom. The summed E-state index contributed by atoms with van der Waals surface area (Å²) in [6.07, 6.45) is 5.18. The topological polar surface area (TPSA) is 51.0 Å². The minimum absolute atomic E-state index is 0.518. The van der Waals surface area contributed by atoms with Gasteiger partial charge in [0.2, 0.25) is 12.3 Å². The monoisotopic (exact) mass is 179 g/mol. The van der Waals surface area contributed by atoms with Crippen LogP contribution in [0.1, 0.15) is 31.1 Å². The number of nitrogens with zero attached hydrogens (tertiary/aromatic N) is 2. The number of nitrogens with one attached hydrogen (secondary N) is 1. The van der Waals surface area contributed by atoms with E-state index in [0.717, 1.165) is 5.89 Å². The third kappa shape index (κ3) is 1.09. The molecule has 70 valence electrons. The first-order valence-electron chi connectivity index (χ1n) is 4.85. The summed E-state index contributed by atoms with van der Waals surface area (Å²) < 4.78 is 5.24. The smallest absolute Gasteiger partial charge is 0.219 e. The number of rotatable bonds is 1. The van der Waals surface area contributed by atoms with Crippen molar-refractivity contribution in [3.8, 4) is 0 Å². The molecule has 13 heavy (non-hydrogen) atoms. The normalized spacial score (nSPS) is 30.6. The Balaban J connectivity index is 1.76. The lowest BCUT2D eigenvalue weighted by Gasteiger charge is -2.39. The molecule has 0 aromatic carbocycles. The Kier molecular flexibility index (Phi) is 1.47. The summed E-state index contributed by atoms with van der Waals surface area (Å²) >= 11 is 0. The Morgan fingerprint density at radius 1 is 1.54 bits per heavy atom. The second-order valence-corrected chi connectivity index (χ2v) is 4.32. The number of hydrogen-bond donors (Lipinski definition) is 1. The maximum atomic E-state index is 5.24. The molecule has 1 aliphatic heterocycles. The molecule has 1 N–H and O–H groups in total. The molecule has 0 radical (unpaired) electrons. The lowest BCUT2D eigenvalue weighted by molar-refractivity contribution is 0.173. The molecule has 4 nitrogen and oxygen atoms in total. The fourth-order valence-corrected chi connectivity index (χ4v) is 2.58. The van der Waals surface area contributed by atoms with Gasteiger partial charge in [0.25, 0.3) is 0 Å². The zero-order chi connectivity index (χ0) is 8.73. The lowest BCUT2D eigenvalue weighted by atomic mass is 9.79. The zero-order valence-corrected chi connectivity index (χ0v) is 7.49. The van der Waals surface area contributed by atoms with Crippen molar-refractivity contribution in [2.75, 3.05) is 13.1 Å². The van der Waals surface area contributed by atoms with Gasteiger partial charge in [0.15, 0.2) is 0 Å². The molecule has 1 aliphatic carbocycles. The summed E-state index contributed by atoms with van der Waals surface area (Å²) in [7, 11) is 0. The van der Waals surface area contributed by atoms with Gasteiger partial charge in [-0.25, -0.2) is 0 Å². The van der Waals surface area contributed by atoms with E-state index in [1.165, 1.54) is 38.7 Å². The van der Waals surface area contributed by atoms with E-state index in [4.69, 9.17) is 4.42 Å². The first-order chi connectivity index (χ1) is 6.38.